The summed E-state index contributed by atoms with van der Waals surface area (Å²) in [7, 11) is -0.488. The third kappa shape index (κ3) is 4.48. The van der Waals surface area contributed by atoms with Crippen LogP contribution in [0.1, 0.15) is 10.4 Å². The third-order valence-corrected chi connectivity index (χ3v) is 4.73. The van der Waals surface area contributed by atoms with Crippen molar-refractivity contribution in [2.75, 3.05) is 26.4 Å². The number of phenolic OH excluding ortho intramolecular Hbond substituents is 1. The molecule has 0 unspecified atom stereocenters. The van der Waals surface area contributed by atoms with Gasteiger partial charge in [0.1, 0.15) is 5.75 Å². The first-order valence-corrected chi connectivity index (χ1v) is 7.81. The first-order valence-electron chi connectivity index (χ1n) is 5.41. The van der Waals surface area contributed by atoms with Crippen molar-refractivity contribution < 1.29 is 18.3 Å². The summed E-state index contributed by atoms with van der Waals surface area (Å²) in [6.45, 7) is -0.0190. The fraction of sp³-hybridized carbons (Fsp3) is 0.364. The molecule has 19 heavy (non-hydrogen) atoms. The maximum absolute atomic E-state index is 11.7. The highest BCUT2D eigenvalue weighted by Gasteiger charge is 2.15. The van der Waals surface area contributed by atoms with Crippen LogP contribution in [0, 0.1) is 0 Å². The predicted molar refractivity (Wildman–Crippen MR) is 75.6 cm³/mol. The van der Waals surface area contributed by atoms with Gasteiger partial charge in [-0.3, -0.25) is 4.79 Å². The molecule has 0 heterocycles. The molecule has 0 aliphatic rings. The van der Waals surface area contributed by atoms with Gasteiger partial charge in [0.15, 0.2) is 0 Å². The van der Waals surface area contributed by atoms with E-state index in [2.05, 4.69) is 21.2 Å². The third-order valence-electron chi connectivity index (χ3n) is 2.41. The Morgan fingerprint density at radius 2 is 2.05 bits per heavy atom. The number of phenols is 1. The Morgan fingerprint density at radius 1 is 1.42 bits per heavy atom. The molecule has 1 aromatic carbocycles. The van der Waals surface area contributed by atoms with Crippen LogP contribution in [-0.4, -0.2) is 50.1 Å². The topological polar surface area (TPSA) is 86.7 Å². The van der Waals surface area contributed by atoms with E-state index >= 15 is 0 Å². The van der Waals surface area contributed by atoms with Gasteiger partial charge in [0.05, 0.1) is 11.3 Å². The Bertz CT molecular complexity index is 572. The number of carbonyl (C=O) groups excluding carboxylic acids is 1. The van der Waals surface area contributed by atoms with Gasteiger partial charge in [0.2, 0.25) is 10.0 Å². The Morgan fingerprint density at radius 3 is 2.58 bits per heavy atom. The lowest BCUT2D eigenvalue weighted by atomic mass is 10.2. The molecule has 1 aromatic rings. The second kappa shape index (κ2) is 6.36. The van der Waals surface area contributed by atoms with E-state index in [0.29, 0.717) is 4.47 Å². The summed E-state index contributed by atoms with van der Waals surface area (Å²) in [5.41, 5.74) is 0.102. The van der Waals surface area contributed by atoms with Crippen molar-refractivity contribution in [2.45, 2.75) is 0 Å². The summed E-state index contributed by atoms with van der Waals surface area (Å²) >= 11 is 3.16. The molecule has 106 valence electrons. The summed E-state index contributed by atoms with van der Waals surface area (Å²) in [4.78, 5) is 11.7. The van der Waals surface area contributed by atoms with E-state index in [9.17, 15) is 18.3 Å². The summed E-state index contributed by atoms with van der Waals surface area (Å²) in [6, 6.07) is 4.46. The summed E-state index contributed by atoms with van der Waals surface area (Å²) in [5.74, 6) is -0.871. The average Bonchev–Trinajstić information content (AvgIpc) is 2.28. The molecule has 0 radical (unpaired) electrons. The van der Waals surface area contributed by atoms with Gasteiger partial charge in [-0.05, 0) is 18.2 Å². The van der Waals surface area contributed by atoms with Crippen LogP contribution in [0.2, 0.25) is 0 Å². The smallest absolute Gasteiger partial charge is 0.255 e. The molecule has 2 N–H and O–H groups in total. The van der Waals surface area contributed by atoms with Gasteiger partial charge in [0, 0.05) is 25.1 Å². The van der Waals surface area contributed by atoms with E-state index in [1.807, 2.05) is 0 Å². The summed E-state index contributed by atoms with van der Waals surface area (Å²) in [5, 5.41) is 12.0. The number of nitrogens with one attached hydrogen (secondary N) is 1. The van der Waals surface area contributed by atoms with E-state index in [-0.39, 0.29) is 23.6 Å². The number of hydrogen-bond donors (Lipinski definition) is 2. The van der Waals surface area contributed by atoms with Crippen LogP contribution in [-0.2, 0) is 10.0 Å². The zero-order valence-corrected chi connectivity index (χ0v) is 13.0. The van der Waals surface area contributed by atoms with Crippen LogP contribution in [0.4, 0.5) is 0 Å². The lowest BCUT2D eigenvalue weighted by Crippen LogP contribution is -2.33. The Hall–Kier alpha value is -1.12. The minimum Gasteiger partial charge on any atom is -0.507 e. The minimum atomic E-state index is -3.34. The maximum Gasteiger partial charge on any atom is 0.255 e. The highest BCUT2D eigenvalue weighted by Crippen LogP contribution is 2.21. The molecular formula is C11H15BrN2O4S. The SMILES string of the molecule is CN(C)S(=O)(=O)CCNC(=O)c1ccc(Br)cc1O. The number of benzene rings is 1. The zero-order chi connectivity index (χ0) is 14.6. The molecule has 0 atom stereocenters. The van der Waals surface area contributed by atoms with Gasteiger partial charge in [-0.15, -0.1) is 0 Å². The van der Waals surface area contributed by atoms with E-state index in [0.717, 1.165) is 4.31 Å². The fourth-order valence-electron chi connectivity index (χ4n) is 1.27. The number of rotatable bonds is 5. The molecule has 0 aromatic heterocycles. The fourth-order valence-corrected chi connectivity index (χ4v) is 2.34. The minimum absolute atomic E-state index is 0.0190. The molecule has 0 saturated heterocycles. The van der Waals surface area contributed by atoms with Crippen molar-refractivity contribution in [1.82, 2.24) is 9.62 Å². The summed E-state index contributed by atoms with van der Waals surface area (Å²) in [6.07, 6.45) is 0. The van der Waals surface area contributed by atoms with Crippen molar-refractivity contribution >= 4 is 31.9 Å². The van der Waals surface area contributed by atoms with Gasteiger partial charge >= 0.3 is 0 Å². The second-order valence-electron chi connectivity index (χ2n) is 4.02. The lowest BCUT2D eigenvalue weighted by molar-refractivity contribution is 0.0953. The molecule has 0 spiro atoms. The van der Waals surface area contributed by atoms with Crippen molar-refractivity contribution in [3.05, 3.63) is 28.2 Å². The Kier molecular flexibility index (Phi) is 5.33. The number of nitrogens with zero attached hydrogens (tertiary/aromatic N) is 1. The zero-order valence-electron chi connectivity index (χ0n) is 10.6. The number of carbonyl (C=O) groups is 1. The molecule has 1 rings (SSSR count). The van der Waals surface area contributed by atoms with Crippen molar-refractivity contribution in [3.8, 4) is 5.75 Å². The molecule has 0 bridgehead atoms. The summed E-state index contributed by atoms with van der Waals surface area (Å²) < 4.78 is 24.7. The van der Waals surface area contributed by atoms with Crippen LogP contribution >= 0.6 is 15.9 Å². The van der Waals surface area contributed by atoms with Crippen LogP contribution in [0.25, 0.3) is 0 Å². The largest absolute Gasteiger partial charge is 0.507 e. The molecule has 6 nitrogen and oxygen atoms in total. The highest BCUT2D eigenvalue weighted by molar-refractivity contribution is 9.10. The molecule has 0 aliphatic heterocycles. The van der Waals surface area contributed by atoms with E-state index in [4.69, 9.17) is 0 Å². The van der Waals surface area contributed by atoms with E-state index in [1.165, 1.54) is 26.2 Å². The van der Waals surface area contributed by atoms with E-state index in [1.54, 1.807) is 6.07 Å². The van der Waals surface area contributed by atoms with Crippen molar-refractivity contribution in [1.29, 1.82) is 0 Å². The molecule has 0 aliphatic carbocycles. The first kappa shape index (κ1) is 15.9. The van der Waals surface area contributed by atoms with E-state index < -0.39 is 15.9 Å². The predicted octanol–water partition coefficient (Wildman–Crippen LogP) is 0.776. The van der Waals surface area contributed by atoms with Crippen molar-refractivity contribution in [2.24, 2.45) is 0 Å². The average molecular weight is 351 g/mol. The van der Waals surface area contributed by atoms with Crippen LogP contribution in [0.5, 0.6) is 5.75 Å². The van der Waals surface area contributed by atoms with Gasteiger partial charge in [0.25, 0.3) is 5.91 Å². The number of aromatic hydroxyl groups is 1. The van der Waals surface area contributed by atoms with Gasteiger partial charge in [-0.25, -0.2) is 12.7 Å². The maximum atomic E-state index is 11.7. The number of sulfonamides is 1. The number of halogens is 1. The monoisotopic (exact) mass is 350 g/mol. The number of hydrogen-bond acceptors (Lipinski definition) is 4. The Labute approximate surface area is 120 Å². The number of amides is 1. The van der Waals surface area contributed by atoms with Crippen LogP contribution in [0.3, 0.4) is 0 Å². The molecular weight excluding hydrogens is 336 g/mol. The lowest BCUT2D eigenvalue weighted by Gasteiger charge is -2.12. The van der Waals surface area contributed by atoms with Crippen molar-refractivity contribution in [3.63, 3.8) is 0 Å². The molecule has 0 fully saturated rings. The van der Waals surface area contributed by atoms with Crippen LogP contribution in [0.15, 0.2) is 22.7 Å². The first-order chi connectivity index (χ1) is 8.74. The molecule has 8 heteroatoms. The second-order valence-corrected chi connectivity index (χ2v) is 7.23. The van der Waals surface area contributed by atoms with Crippen LogP contribution < -0.4 is 5.32 Å². The quantitative estimate of drug-likeness (QED) is 0.821. The van der Waals surface area contributed by atoms with Gasteiger partial charge in [-0.1, -0.05) is 15.9 Å². The highest BCUT2D eigenvalue weighted by atomic mass is 79.9. The normalized spacial score (nSPS) is 11.6. The standard InChI is InChI=1S/C11H15BrN2O4S/c1-14(2)19(17,18)6-5-13-11(16)9-4-3-8(12)7-10(9)15/h3-4,7,15H,5-6H2,1-2H3,(H,13,16). The Balaban J connectivity index is 2.62. The molecule has 1 amide bonds. The molecule has 0 saturated carbocycles. The van der Waals surface area contributed by atoms with Gasteiger partial charge < -0.3 is 10.4 Å². The van der Waals surface area contributed by atoms with Gasteiger partial charge in [-0.2, -0.15) is 0 Å².